The summed E-state index contributed by atoms with van der Waals surface area (Å²) in [5.74, 6) is -0.607. The van der Waals surface area contributed by atoms with Crippen LogP contribution in [0.15, 0.2) is 42.5 Å². The third-order valence-electron chi connectivity index (χ3n) is 5.01. The van der Waals surface area contributed by atoms with Gasteiger partial charge >= 0.3 is 5.97 Å². The lowest BCUT2D eigenvalue weighted by Crippen LogP contribution is -2.24. The molecule has 2 amide bonds. The normalized spacial score (nSPS) is 13.7. The number of carbonyl (C=O) groups excluding carboxylic acids is 3. The minimum atomic E-state index is -0.576. The minimum Gasteiger partial charge on any atom is -0.452 e. The minimum absolute atomic E-state index is 0.0916. The first kappa shape index (κ1) is 20.6. The van der Waals surface area contributed by atoms with Gasteiger partial charge in [-0.1, -0.05) is 32.0 Å². The van der Waals surface area contributed by atoms with E-state index < -0.39 is 5.97 Å². The van der Waals surface area contributed by atoms with Crippen molar-refractivity contribution in [2.24, 2.45) is 0 Å². The number of rotatable bonds is 6. The standard InChI is InChI=1S/C23H26N2O4/c1-15(2)19-7-4-6-16(3)22(19)24-20(26)14-29-23(28)17-9-11-18(12-10-17)25-13-5-8-21(25)27/h4,6-7,9-12,15H,5,8,13-14H2,1-3H3,(H,24,26). The van der Waals surface area contributed by atoms with Crippen LogP contribution in [-0.2, 0) is 14.3 Å². The number of para-hydroxylation sites is 1. The Labute approximate surface area is 170 Å². The first-order valence-corrected chi connectivity index (χ1v) is 9.83. The number of carbonyl (C=O) groups is 3. The Morgan fingerprint density at radius 1 is 1.14 bits per heavy atom. The van der Waals surface area contributed by atoms with Crippen molar-refractivity contribution in [3.05, 3.63) is 59.2 Å². The van der Waals surface area contributed by atoms with Crippen LogP contribution in [0, 0.1) is 6.92 Å². The van der Waals surface area contributed by atoms with Crippen molar-refractivity contribution < 1.29 is 19.1 Å². The Morgan fingerprint density at radius 3 is 2.48 bits per heavy atom. The van der Waals surface area contributed by atoms with Gasteiger partial charge in [-0.25, -0.2) is 4.79 Å². The lowest BCUT2D eigenvalue weighted by molar-refractivity contribution is -0.119. The molecule has 2 aromatic carbocycles. The molecule has 1 N–H and O–H groups in total. The number of hydrogen-bond donors (Lipinski definition) is 1. The van der Waals surface area contributed by atoms with Crippen molar-refractivity contribution in [1.82, 2.24) is 0 Å². The zero-order valence-corrected chi connectivity index (χ0v) is 17.0. The van der Waals surface area contributed by atoms with Crippen LogP contribution in [0.2, 0.25) is 0 Å². The van der Waals surface area contributed by atoms with Gasteiger partial charge in [0.25, 0.3) is 5.91 Å². The van der Waals surface area contributed by atoms with Gasteiger partial charge in [-0.3, -0.25) is 9.59 Å². The Balaban J connectivity index is 1.58. The van der Waals surface area contributed by atoms with E-state index in [0.29, 0.717) is 18.5 Å². The molecule has 29 heavy (non-hydrogen) atoms. The van der Waals surface area contributed by atoms with Crippen LogP contribution in [0.3, 0.4) is 0 Å². The van der Waals surface area contributed by atoms with Crippen molar-refractivity contribution in [3.63, 3.8) is 0 Å². The van der Waals surface area contributed by atoms with Gasteiger partial charge in [0.1, 0.15) is 0 Å². The Bertz CT molecular complexity index is 919. The highest BCUT2D eigenvalue weighted by Gasteiger charge is 2.22. The molecule has 0 aliphatic carbocycles. The number of benzene rings is 2. The average Bonchev–Trinajstić information content (AvgIpc) is 3.13. The second kappa shape index (κ2) is 8.90. The molecule has 0 unspecified atom stereocenters. The number of anilines is 2. The highest BCUT2D eigenvalue weighted by Crippen LogP contribution is 2.27. The molecule has 0 atom stereocenters. The molecular weight excluding hydrogens is 368 g/mol. The smallest absolute Gasteiger partial charge is 0.338 e. The lowest BCUT2D eigenvalue weighted by atomic mass is 9.98. The molecule has 0 aromatic heterocycles. The Morgan fingerprint density at radius 2 is 1.86 bits per heavy atom. The van der Waals surface area contributed by atoms with E-state index in [1.54, 1.807) is 29.2 Å². The van der Waals surface area contributed by atoms with E-state index in [4.69, 9.17) is 4.74 Å². The molecule has 0 spiro atoms. The summed E-state index contributed by atoms with van der Waals surface area (Å²) in [4.78, 5) is 38.1. The van der Waals surface area contributed by atoms with E-state index in [9.17, 15) is 14.4 Å². The molecule has 6 heteroatoms. The van der Waals surface area contributed by atoms with Crippen LogP contribution >= 0.6 is 0 Å². The van der Waals surface area contributed by atoms with Gasteiger partial charge in [0.2, 0.25) is 5.91 Å². The van der Waals surface area contributed by atoms with E-state index in [0.717, 1.165) is 28.9 Å². The molecule has 3 rings (SSSR count). The summed E-state index contributed by atoms with van der Waals surface area (Å²) in [7, 11) is 0. The molecule has 1 heterocycles. The zero-order valence-electron chi connectivity index (χ0n) is 17.0. The van der Waals surface area contributed by atoms with E-state index in [-0.39, 0.29) is 24.3 Å². The number of esters is 1. The highest BCUT2D eigenvalue weighted by molar-refractivity contribution is 5.98. The second-order valence-electron chi connectivity index (χ2n) is 7.51. The van der Waals surface area contributed by atoms with Crippen LogP contribution < -0.4 is 10.2 Å². The van der Waals surface area contributed by atoms with Gasteiger partial charge in [-0.05, 0) is 54.7 Å². The van der Waals surface area contributed by atoms with Crippen LogP contribution in [0.4, 0.5) is 11.4 Å². The topological polar surface area (TPSA) is 75.7 Å². The number of nitrogens with one attached hydrogen (secondary N) is 1. The SMILES string of the molecule is Cc1cccc(C(C)C)c1NC(=O)COC(=O)c1ccc(N2CCCC2=O)cc1. The summed E-state index contributed by atoms with van der Waals surface area (Å²) in [5, 5.41) is 2.86. The van der Waals surface area contributed by atoms with Gasteiger partial charge in [-0.2, -0.15) is 0 Å². The number of aryl methyl sites for hydroxylation is 1. The van der Waals surface area contributed by atoms with Crippen molar-refractivity contribution in [3.8, 4) is 0 Å². The Kier molecular flexibility index (Phi) is 6.32. The van der Waals surface area contributed by atoms with E-state index in [1.807, 2.05) is 25.1 Å². The molecule has 1 aliphatic heterocycles. The van der Waals surface area contributed by atoms with Crippen LogP contribution in [-0.4, -0.2) is 30.9 Å². The van der Waals surface area contributed by atoms with E-state index >= 15 is 0 Å². The molecule has 0 radical (unpaired) electrons. The molecule has 6 nitrogen and oxygen atoms in total. The number of nitrogens with zero attached hydrogens (tertiary/aromatic N) is 1. The summed E-state index contributed by atoms with van der Waals surface area (Å²) < 4.78 is 5.16. The number of ether oxygens (including phenoxy) is 1. The molecule has 152 valence electrons. The summed E-state index contributed by atoms with van der Waals surface area (Å²) in [6.45, 7) is 6.38. The number of amides is 2. The van der Waals surface area contributed by atoms with E-state index in [2.05, 4.69) is 19.2 Å². The van der Waals surface area contributed by atoms with Gasteiger partial charge in [0.05, 0.1) is 5.56 Å². The fourth-order valence-corrected chi connectivity index (χ4v) is 3.43. The molecule has 1 aliphatic rings. The maximum absolute atomic E-state index is 12.3. The van der Waals surface area contributed by atoms with Crippen LogP contribution in [0.25, 0.3) is 0 Å². The largest absolute Gasteiger partial charge is 0.452 e. The second-order valence-corrected chi connectivity index (χ2v) is 7.51. The van der Waals surface area contributed by atoms with Gasteiger partial charge < -0.3 is 15.0 Å². The monoisotopic (exact) mass is 394 g/mol. The highest BCUT2D eigenvalue weighted by atomic mass is 16.5. The van der Waals surface area contributed by atoms with Crippen molar-refractivity contribution in [2.45, 2.75) is 39.5 Å². The zero-order chi connectivity index (χ0) is 21.0. The molecular formula is C23H26N2O4. The molecule has 1 saturated heterocycles. The molecule has 0 saturated carbocycles. The first-order chi connectivity index (χ1) is 13.9. The summed E-state index contributed by atoms with van der Waals surface area (Å²) in [5.41, 5.74) is 3.87. The third kappa shape index (κ3) is 4.83. The predicted molar refractivity (Wildman–Crippen MR) is 112 cm³/mol. The maximum Gasteiger partial charge on any atom is 0.338 e. The van der Waals surface area contributed by atoms with E-state index in [1.165, 1.54) is 0 Å². The van der Waals surface area contributed by atoms with Crippen molar-refractivity contribution in [1.29, 1.82) is 0 Å². The third-order valence-corrected chi connectivity index (χ3v) is 5.01. The first-order valence-electron chi connectivity index (χ1n) is 9.83. The maximum atomic E-state index is 12.3. The van der Waals surface area contributed by atoms with Gasteiger partial charge in [0.15, 0.2) is 6.61 Å². The summed E-state index contributed by atoms with van der Waals surface area (Å²) >= 11 is 0. The molecule has 0 bridgehead atoms. The van der Waals surface area contributed by atoms with Crippen molar-refractivity contribution in [2.75, 3.05) is 23.4 Å². The van der Waals surface area contributed by atoms with Crippen molar-refractivity contribution >= 4 is 29.2 Å². The predicted octanol–water partition coefficient (Wildman–Crippen LogP) is 4.04. The summed E-state index contributed by atoms with van der Waals surface area (Å²) in [6, 6.07) is 12.5. The molecule has 1 fully saturated rings. The number of hydrogen-bond acceptors (Lipinski definition) is 4. The average molecular weight is 394 g/mol. The lowest BCUT2D eigenvalue weighted by Gasteiger charge is -2.17. The van der Waals surface area contributed by atoms with Gasteiger partial charge in [-0.15, -0.1) is 0 Å². The molecule has 2 aromatic rings. The quantitative estimate of drug-likeness (QED) is 0.750. The fourth-order valence-electron chi connectivity index (χ4n) is 3.43. The van der Waals surface area contributed by atoms with Crippen LogP contribution in [0.1, 0.15) is 54.1 Å². The fraction of sp³-hybridized carbons (Fsp3) is 0.348. The summed E-state index contributed by atoms with van der Waals surface area (Å²) in [6.07, 6.45) is 1.40. The Hall–Kier alpha value is -3.15. The van der Waals surface area contributed by atoms with Crippen LogP contribution in [0.5, 0.6) is 0 Å². The van der Waals surface area contributed by atoms with Gasteiger partial charge in [0, 0.05) is 24.3 Å².